The summed E-state index contributed by atoms with van der Waals surface area (Å²) in [6.45, 7) is 10.3. The lowest BCUT2D eigenvalue weighted by molar-refractivity contribution is 0.411. The lowest BCUT2D eigenvalue weighted by Gasteiger charge is -2.17. The van der Waals surface area contributed by atoms with E-state index in [4.69, 9.17) is 0 Å². The van der Waals surface area contributed by atoms with Gasteiger partial charge in [0.25, 0.3) is 0 Å². The summed E-state index contributed by atoms with van der Waals surface area (Å²) in [6, 6.07) is 0. The van der Waals surface area contributed by atoms with Gasteiger partial charge < -0.3 is 0 Å². The number of hydrogen-bond acceptors (Lipinski definition) is 1. The average Bonchev–Trinajstić information content (AvgIpc) is 2.45. The van der Waals surface area contributed by atoms with Gasteiger partial charge in [-0.2, -0.15) is 5.10 Å². The van der Waals surface area contributed by atoms with Gasteiger partial charge in [0.2, 0.25) is 0 Å². The van der Waals surface area contributed by atoms with Crippen molar-refractivity contribution < 1.29 is 0 Å². The van der Waals surface area contributed by atoms with E-state index in [-0.39, 0.29) is 0 Å². The van der Waals surface area contributed by atoms with Crippen LogP contribution in [-0.4, -0.2) is 10.2 Å². The fourth-order valence-electron chi connectivity index (χ4n) is 1.34. The van der Waals surface area contributed by atoms with Crippen LogP contribution in [0.5, 0.6) is 0 Å². The normalized spacial score (nSPS) is 12.2. The van der Waals surface area contributed by atoms with Crippen LogP contribution in [0, 0.1) is 5.41 Å². The zero-order valence-electron chi connectivity index (χ0n) is 9.17. The van der Waals surface area contributed by atoms with Gasteiger partial charge in [0.1, 0.15) is 0 Å². The summed E-state index contributed by atoms with van der Waals surface area (Å²) in [5, 5.41) is 7.03. The van der Waals surface area contributed by atoms with Crippen molar-refractivity contribution in [1.82, 2.24) is 10.2 Å². The summed E-state index contributed by atoms with van der Waals surface area (Å²) in [6.07, 6.45) is 8.61. The smallest absolute Gasteiger partial charge is 0.0610 e. The second kappa shape index (κ2) is 4.27. The van der Waals surface area contributed by atoms with Crippen molar-refractivity contribution in [2.45, 2.75) is 27.2 Å². The Morgan fingerprint density at radius 2 is 2.21 bits per heavy atom. The highest BCUT2D eigenvalue weighted by molar-refractivity contribution is 5.50. The number of hydrogen-bond donors (Lipinski definition) is 1. The number of nitrogens with one attached hydrogen (secondary N) is 1. The molecule has 0 aliphatic carbocycles. The zero-order chi connectivity index (χ0) is 10.6. The quantitative estimate of drug-likeness (QED) is 0.728. The summed E-state index contributed by atoms with van der Waals surface area (Å²) in [5.74, 6) is 0. The largest absolute Gasteiger partial charge is 0.278 e. The Bertz CT molecular complexity index is 326. The molecule has 0 fully saturated rings. The lowest BCUT2D eigenvalue weighted by atomic mass is 9.88. The highest BCUT2D eigenvalue weighted by atomic mass is 15.1. The molecule has 0 aliphatic heterocycles. The summed E-state index contributed by atoms with van der Waals surface area (Å²) in [4.78, 5) is 0. The first kappa shape index (κ1) is 10.8. The molecule has 0 spiro atoms. The first-order chi connectivity index (χ1) is 6.53. The van der Waals surface area contributed by atoms with Gasteiger partial charge in [0.05, 0.1) is 11.9 Å². The Kier molecular flexibility index (Phi) is 3.28. The van der Waals surface area contributed by atoms with Gasteiger partial charge in [-0.1, -0.05) is 39.5 Å². The van der Waals surface area contributed by atoms with Crippen LogP contribution in [0.2, 0.25) is 0 Å². The molecular formula is C12H18N2. The van der Waals surface area contributed by atoms with Gasteiger partial charge in [-0.05, 0) is 23.5 Å². The van der Waals surface area contributed by atoms with Gasteiger partial charge in [-0.3, -0.25) is 5.10 Å². The number of H-pyrrole nitrogens is 1. The van der Waals surface area contributed by atoms with Crippen LogP contribution in [0.25, 0.3) is 6.08 Å². The van der Waals surface area contributed by atoms with Crippen LogP contribution >= 0.6 is 0 Å². The molecule has 0 saturated heterocycles. The molecule has 0 saturated carbocycles. The molecule has 76 valence electrons. The van der Waals surface area contributed by atoms with Crippen LogP contribution in [0.3, 0.4) is 0 Å². The summed E-state index contributed by atoms with van der Waals surface area (Å²) < 4.78 is 0. The molecule has 0 atom stereocenters. The van der Waals surface area contributed by atoms with Crippen molar-refractivity contribution in [3.8, 4) is 0 Å². The Balaban J connectivity index is 2.82. The third-order valence-corrected chi connectivity index (χ3v) is 1.87. The maximum absolute atomic E-state index is 4.05. The molecule has 0 unspecified atom stereocenters. The second-order valence-electron chi connectivity index (χ2n) is 4.64. The van der Waals surface area contributed by atoms with E-state index in [9.17, 15) is 0 Å². The van der Waals surface area contributed by atoms with Crippen LogP contribution in [0.1, 0.15) is 32.0 Å². The standard InChI is InChI=1S/C12H18N2/c1-5-6-7-11-10(9-13-14-11)8-12(2,3)4/h5-7,9H,1,8H2,2-4H3,(H,13,14)/b7-6-. The van der Waals surface area contributed by atoms with Crippen molar-refractivity contribution in [2.24, 2.45) is 5.41 Å². The fraction of sp³-hybridized carbons (Fsp3) is 0.417. The Labute approximate surface area is 85.7 Å². The van der Waals surface area contributed by atoms with Gasteiger partial charge in [-0.15, -0.1) is 0 Å². The monoisotopic (exact) mass is 190 g/mol. The maximum Gasteiger partial charge on any atom is 0.0610 e. The molecule has 1 aromatic heterocycles. The van der Waals surface area contributed by atoms with E-state index < -0.39 is 0 Å². The average molecular weight is 190 g/mol. The summed E-state index contributed by atoms with van der Waals surface area (Å²) in [5.41, 5.74) is 2.64. The van der Waals surface area contributed by atoms with Gasteiger partial charge in [-0.25, -0.2) is 0 Å². The predicted molar refractivity (Wildman–Crippen MR) is 61.0 cm³/mol. The minimum absolute atomic E-state index is 0.292. The molecule has 0 radical (unpaired) electrons. The topological polar surface area (TPSA) is 28.7 Å². The number of aromatic amines is 1. The Morgan fingerprint density at radius 1 is 1.50 bits per heavy atom. The van der Waals surface area contributed by atoms with Crippen LogP contribution in [-0.2, 0) is 6.42 Å². The summed E-state index contributed by atoms with van der Waals surface area (Å²) in [7, 11) is 0. The van der Waals surface area contributed by atoms with E-state index in [1.165, 1.54) is 5.56 Å². The Morgan fingerprint density at radius 3 is 2.79 bits per heavy atom. The predicted octanol–water partition coefficient (Wildman–Crippen LogP) is 3.20. The SMILES string of the molecule is C=C/C=C\c1[nH]ncc1CC(C)(C)C. The molecule has 1 N–H and O–H groups in total. The third-order valence-electron chi connectivity index (χ3n) is 1.87. The molecule has 1 aromatic rings. The molecule has 2 heteroatoms. The molecule has 0 amide bonds. The lowest BCUT2D eigenvalue weighted by Crippen LogP contribution is -2.09. The van der Waals surface area contributed by atoms with Gasteiger partial charge >= 0.3 is 0 Å². The third kappa shape index (κ3) is 3.21. The molecule has 0 bridgehead atoms. The molecule has 2 nitrogen and oxygen atoms in total. The van der Waals surface area contributed by atoms with Gasteiger partial charge in [0, 0.05) is 0 Å². The van der Waals surface area contributed by atoms with E-state index in [0.717, 1.165) is 12.1 Å². The van der Waals surface area contributed by atoms with Crippen LogP contribution in [0.4, 0.5) is 0 Å². The molecule has 1 rings (SSSR count). The van der Waals surface area contributed by atoms with Crippen molar-refractivity contribution in [3.63, 3.8) is 0 Å². The number of aromatic nitrogens is 2. The molecule has 1 heterocycles. The van der Waals surface area contributed by atoms with Crippen LogP contribution < -0.4 is 0 Å². The van der Waals surface area contributed by atoms with E-state index in [1.807, 2.05) is 18.3 Å². The van der Waals surface area contributed by atoms with Crippen molar-refractivity contribution >= 4 is 6.08 Å². The van der Waals surface area contributed by atoms with Gasteiger partial charge in [0.15, 0.2) is 0 Å². The first-order valence-corrected chi connectivity index (χ1v) is 4.84. The molecular weight excluding hydrogens is 172 g/mol. The molecule has 14 heavy (non-hydrogen) atoms. The van der Waals surface area contributed by atoms with E-state index >= 15 is 0 Å². The highest BCUT2D eigenvalue weighted by Gasteiger charge is 2.14. The van der Waals surface area contributed by atoms with E-state index in [1.54, 1.807) is 6.08 Å². The number of allylic oxidation sites excluding steroid dienone is 2. The fourth-order valence-corrected chi connectivity index (χ4v) is 1.34. The van der Waals surface area contributed by atoms with E-state index in [0.29, 0.717) is 5.41 Å². The van der Waals surface area contributed by atoms with E-state index in [2.05, 4.69) is 37.5 Å². The Hall–Kier alpha value is -1.31. The maximum atomic E-state index is 4.05. The minimum Gasteiger partial charge on any atom is -0.278 e. The number of nitrogens with zero attached hydrogens (tertiary/aromatic N) is 1. The first-order valence-electron chi connectivity index (χ1n) is 4.84. The highest BCUT2D eigenvalue weighted by Crippen LogP contribution is 2.22. The second-order valence-corrected chi connectivity index (χ2v) is 4.64. The zero-order valence-corrected chi connectivity index (χ0v) is 9.17. The van der Waals surface area contributed by atoms with Crippen molar-refractivity contribution in [2.75, 3.05) is 0 Å². The van der Waals surface area contributed by atoms with Crippen molar-refractivity contribution in [3.05, 3.63) is 36.2 Å². The minimum atomic E-state index is 0.292. The summed E-state index contributed by atoms with van der Waals surface area (Å²) >= 11 is 0. The molecule has 0 aromatic carbocycles. The van der Waals surface area contributed by atoms with Crippen molar-refractivity contribution in [1.29, 1.82) is 0 Å². The molecule has 0 aliphatic rings. The van der Waals surface area contributed by atoms with Crippen LogP contribution in [0.15, 0.2) is 24.9 Å². The number of rotatable bonds is 3.